The molecule has 1 saturated heterocycles. The first-order chi connectivity index (χ1) is 9.55. The molecule has 0 spiro atoms. The molecule has 1 N–H and O–H groups in total. The summed E-state index contributed by atoms with van der Waals surface area (Å²) < 4.78 is 26.7. The quantitative estimate of drug-likeness (QED) is 0.882. The molecule has 0 aromatic carbocycles. The fourth-order valence-electron chi connectivity index (χ4n) is 2.40. The highest BCUT2D eigenvalue weighted by molar-refractivity contribution is 9.10. The summed E-state index contributed by atoms with van der Waals surface area (Å²) >= 11 is 3.29. The lowest BCUT2D eigenvalue weighted by molar-refractivity contribution is 0.328. The van der Waals surface area contributed by atoms with E-state index in [1.165, 1.54) is 0 Å². The molecule has 8 heteroatoms. The van der Waals surface area contributed by atoms with E-state index < -0.39 is 10.0 Å². The maximum absolute atomic E-state index is 12.1. The summed E-state index contributed by atoms with van der Waals surface area (Å²) in [6.45, 7) is 1.18. The number of sulfonamides is 1. The largest absolute Gasteiger partial charge is 0.351 e. The third kappa shape index (κ3) is 3.12. The lowest BCUT2D eigenvalue weighted by Crippen LogP contribution is -2.43. The molecule has 0 radical (unpaired) electrons. The van der Waals surface area contributed by atoms with Gasteiger partial charge in [-0.2, -0.15) is 0 Å². The van der Waals surface area contributed by atoms with Crippen LogP contribution in [0.5, 0.6) is 0 Å². The Morgan fingerprint density at radius 2 is 1.75 bits per heavy atom. The maximum Gasteiger partial charge on any atom is 0.222 e. The Morgan fingerprint density at radius 1 is 1.15 bits per heavy atom. The highest BCUT2D eigenvalue weighted by atomic mass is 79.9. The van der Waals surface area contributed by atoms with Gasteiger partial charge in [0.2, 0.25) is 16.0 Å². The van der Waals surface area contributed by atoms with E-state index in [1.807, 2.05) is 0 Å². The van der Waals surface area contributed by atoms with Crippen LogP contribution in [-0.4, -0.2) is 47.1 Å². The van der Waals surface area contributed by atoms with Crippen LogP contribution in [0.3, 0.4) is 0 Å². The van der Waals surface area contributed by atoms with Gasteiger partial charge in [-0.05, 0) is 41.6 Å². The van der Waals surface area contributed by atoms with Crippen molar-refractivity contribution in [3.8, 4) is 0 Å². The Kier molecular flexibility index (Phi) is 3.96. The second kappa shape index (κ2) is 5.57. The number of rotatable bonds is 4. The van der Waals surface area contributed by atoms with Crippen molar-refractivity contribution in [1.82, 2.24) is 14.3 Å². The van der Waals surface area contributed by atoms with Gasteiger partial charge in [0, 0.05) is 31.5 Å². The lowest BCUT2D eigenvalue weighted by Gasteiger charge is -2.31. The van der Waals surface area contributed by atoms with Crippen molar-refractivity contribution in [2.24, 2.45) is 0 Å². The van der Waals surface area contributed by atoms with E-state index in [1.54, 1.807) is 16.7 Å². The first-order valence-electron chi connectivity index (χ1n) is 6.79. The zero-order valence-electron chi connectivity index (χ0n) is 11.0. The summed E-state index contributed by atoms with van der Waals surface area (Å²) in [5, 5.41) is 3.15. The van der Waals surface area contributed by atoms with Crippen LogP contribution in [0, 0.1) is 0 Å². The van der Waals surface area contributed by atoms with Crippen LogP contribution in [0.15, 0.2) is 16.9 Å². The predicted octanol–water partition coefficient (Wildman–Crippen LogP) is 1.61. The maximum atomic E-state index is 12.1. The molecule has 2 heterocycles. The van der Waals surface area contributed by atoms with Gasteiger partial charge >= 0.3 is 0 Å². The first kappa shape index (κ1) is 14.2. The van der Waals surface area contributed by atoms with Gasteiger partial charge < -0.3 is 5.32 Å². The number of piperidine rings is 1. The van der Waals surface area contributed by atoms with Crippen LogP contribution >= 0.6 is 15.9 Å². The number of hydrogen-bond acceptors (Lipinski definition) is 5. The van der Waals surface area contributed by atoms with Crippen LogP contribution in [-0.2, 0) is 10.0 Å². The van der Waals surface area contributed by atoms with Crippen LogP contribution < -0.4 is 5.32 Å². The molecule has 1 aromatic heterocycles. The minimum absolute atomic E-state index is 0.109. The minimum atomic E-state index is -3.02. The summed E-state index contributed by atoms with van der Waals surface area (Å²) in [7, 11) is -3.02. The van der Waals surface area contributed by atoms with Crippen molar-refractivity contribution >= 4 is 31.9 Å². The highest BCUT2D eigenvalue weighted by Gasteiger charge is 2.41. The van der Waals surface area contributed by atoms with E-state index in [9.17, 15) is 8.42 Å². The Balaban J connectivity index is 1.54. The van der Waals surface area contributed by atoms with E-state index in [2.05, 4.69) is 31.2 Å². The van der Waals surface area contributed by atoms with Crippen LogP contribution in [0.4, 0.5) is 5.95 Å². The predicted molar refractivity (Wildman–Crippen MR) is 79.9 cm³/mol. The van der Waals surface area contributed by atoms with Crippen molar-refractivity contribution < 1.29 is 8.42 Å². The lowest BCUT2D eigenvalue weighted by atomic mass is 10.1. The normalized spacial score (nSPS) is 21.9. The fourth-order valence-corrected chi connectivity index (χ4v) is 4.48. The molecule has 110 valence electrons. The number of anilines is 1. The van der Waals surface area contributed by atoms with Crippen molar-refractivity contribution in [3.05, 3.63) is 16.9 Å². The molecule has 0 unspecified atom stereocenters. The van der Waals surface area contributed by atoms with E-state index in [0.717, 1.165) is 30.2 Å². The van der Waals surface area contributed by atoms with E-state index >= 15 is 0 Å². The second-order valence-corrected chi connectivity index (χ2v) is 8.42. The minimum Gasteiger partial charge on any atom is -0.351 e. The summed E-state index contributed by atoms with van der Waals surface area (Å²) in [6.07, 6.45) is 6.64. The van der Waals surface area contributed by atoms with Gasteiger partial charge in [0.1, 0.15) is 0 Å². The Labute approximate surface area is 127 Å². The molecule has 2 fully saturated rings. The molecule has 1 aliphatic carbocycles. The van der Waals surface area contributed by atoms with E-state index in [4.69, 9.17) is 0 Å². The molecule has 20 heavy (non-hydrogen) atoms. The van der Waals surface area contributed by atoms with Crippen molar-refractivity contribution in [2.75, 3.05) is 18.4 Å². The molecule has 1 aromatic rings. The van der Waals surface area contributed by atoms with E-state index in [-0.39, 0.29) is 11.3 Å². The Morgan fingerprint density at radius 3 is 2.30 bits per heavy atom. The summed E-state index contributed by atoms with van der Waals surface area (Å²) in [6, 6.07) is 0.238. The third-order valence-electron chi connectivity index (χ3n) is 3.71. The number of halogens is 1. The van der Waals surface area contributed by atoms with Crippen LogP contribution in [0.1, 0.15) is 25.7 Å². The standard InChI is InChI=1S/C12H17BrN4O2S/c13-9-7-14-12(15-8-9)16-10-3-5-17(6-4-10)20(18,19)11-1-2-11/h7-8,10-11H,1-6H2,(H,14,15,16). The average Bonchev–Trinajstić information content (AvgIpc) is 3.27. The monoisotopic (exact) mass is 360 g/mol. The van der Waals surface area contributed by atoms with Crippen LogP contribution in [0.2, 0.25) is 0 Å². The van der Waals surface area contributed by atoms with E-state index in [0.29, 0.717) is 19.0 Å². The molecular weight excluding hydrogens is 344 g/mol. The molecule has 0 atom stereocenters. The summed E-state index contributed by atoms with van der Waals surface area (Å²) in [5.74, 6) is 0.594. The van der Waals surface area contributed by atoms with Gasteiger partial charge in [-0.1, -0.05) is 0 Å². The summed E-state index contributed by atoms with van der Waals surface area (Å²) in [4.78, 5) is 8.35. The SMILES string of the molecule is O=S(=O)(C1CC1)N1CCC(Nc2ncc(Br)cn2)CC1. The molecule has 1 aliphatic heterocycles. The molecule has 1 saturated carbocycles. The van der Waals surface area contributed by atoms with Crippen molar-refractivity contribution in [1.29, 1.82) is 0 Å². The van der Waals surface area contributed by atoms with Crippen molar-refractivity contribution in [3.63, 3.8) is 0 Å². The topological polar surface area (TPSA) is 75.2 Å². The zero-order chi connectivity index (χ0) is 14.2. The molecule has 6 nitrogen and oxygen atoms in total. The number of aromatic nitrogens is 2. The number of nitrogens with zero attached hydrogens (tertiary/aromatic N) is 3. The number of nitrogens with one attached hydrogen (secondary N) is 1. The van der Waals surface area contributed by atoms with Gasteiger partial charge in [0.25, 0.3) is 0 Å². The second-order valence-electron chi connectivity index (χ2n) is 5.29. The third-order valence-corrected chi connectivity index (χ3v) is 6.52. The van der Waals surface area contributed by atoms with Gasteiger partial charge in [-0.15, -0.1) is 0 Å². The highest BCUT2D eigenvalue weighted by Crippen LogP contribution is 2.32. The smallest absolute Gasteiger partial charge is 0.222 e. The molecule has 2 aliphatic rings. The van der Waals surface area contributed by atoms with Gasteiger partial charge in [-0.3, -0.25) is 0 Å². The zero-order valence-corrected chi connectivity index (χ0v) is 13.4. The summed E-state index contributed by atoms with van der Waals surface area (Å²) in [5.41, 5.74) is 0. The van der Waals surface area contributed by atoms with Gasteiger partial charge in [-0.25, -0.2) is 22.7 Å². The van der Waals surface area contributed by atoms with Gasteiger partial charge in [0.15, 0.2) is 0 Å². The van der Waals surface area contributed by atoms with Crippen LogP contribution in [0.25, 0.3) is 0 Å². The number of hydrogen-bond donors (Lipinski definition) is 1. The molecule has 0 bridgehead atoms. The first-order valence-corrected chi connectivity index (χ1v) is 9.08. The average molecular weight is 361 g/mol. The molecule has 0 amide bonds. The Bertz CT molecular complexity index is 566. The fraction of sp³-hybridized carbons (Fsp3) is 0.667. The molecular formula is C12H17BrN4O2S. The Hall–Kier alpha value is -0.730. The van der Waals surface area contributed by atoms with Crippen molar-refractivity contribution in [2.45, 2.75) is 37.0 Å². The van der Waals surface area contributed by atoms with Gasteiger partial charge in [0.05, 0.1) is 9.72 Å². The molecule has 3 rings (SSSR count).